The molecule has 0 fully saturated rings. The predicted octanol–water partition coefficient (Wildman–Crippen LogP) is 5.35. The molecule has 0 aliphatic heterocycles. The minimum absolute atomic E-state index is 0. The molecular weight excluding hydrogens is 480 g/mol. The Kier molecular flexibility index (Phi) is 11.3. The van der Waals surface area contributed by atoms with Gasteiger partial charge < -0.3 is 0 Å². The predicted molar refractivity (Wildman–Crippen MR) is 138 cm³/mol. The zero-order valence-electron chi connectivity index (χ0n) is 19.7. The number of nitrogens with one attached hydrogen (secondary N) is 2. The molecule has 0 saturated carbocycles. The summed E-state index contributed by atoms with van der Waals surface area (Å²) < 4.78 is 0. The number of hydrogen-bond acceptors (Lipinski definition) is 4. The van der Waals surface area contributed by atoms with Crippen molar-refractivity contribution in [3.63, 3.8) is 0 Å². The van der Waals surface area contributed by atoms with Crippen LogP contribution in [0.3, 0.4) is 0 Å². The summed E-state index contributed by atoms with van der Waals surface area (Å²) in [6.07, 6.45) is 13.9. The van der Waals surface area contributed by atoms with E-state index in [1.165, 1.54) is 0 Å². The number of nitrogens with zero attached hydrogens (tertiary/aromatic N) is 2. The summed E-state index contributed by atoms with van der Waals surface area (Å²) in [5, 5.41) is 8.18. The number of allylic oxidation sites excluding steroid dienone is 8. The Balaban J connectivity index is 0.000000240. The Morgan fingerprint density at radius 3 is 1.34 bits per heavy atom. The Hall–Kier alpha value is -3.80. The van der Waals surface area contributed by atoms with Gasteiger partial charge in [0.2, 0.25) is 0 Å². The fourth-order valence-corrected chi connectivity index (χ4v) is 3.15. The Morgan fingerprint density at radius 2 is 1.03 bits per heavy atom. The molecule has 180 valence electrons. The smallest absolute Gasteiger partial charge is 0.267 e. The average molecular weight is 508 g/mol. The van der Waals surface area contributed by atoms with Crippen LogP contribution in [0.5, 0.6) is 0 Å². The molecule has 2 aromatic carbocycles. The third-order valence-corrected chi connectivity index (χ3v) is 5.19. The van der Waals surface area contributed by atoms with Gasteiger partial charge >= 0.3 is 0 Å². The van der Waals surface area contributed by atoms with Crippen molar-refractivity contribution in [2.75, 3.05) is 0 Å². The van der Waals surface area contributed by atoms with Gasteiger partial charge in [-0.2, -0.15) is 10.2 Å². The van der Waals surface area contributed by atoms with E-state index in [4.69, 9.17) is 0 Å². The van der Waals surface area contributed by atoms with Crippen molar-refractivity contribution >= 4 is 23.2 Å². The number of hydrazone groups is 2. The van der Waals surface area contributed by atoms with E-state index >= 15 is 0 Å². The van der Waals surface area contributed by atoms with Crippen LogP contribution in [-0.4, -0.2) is 23.2 Å². The molecule has 0 aromatic heterocycles. The number of benzene rings is 2. The van der Waals surface area contributed by atoms with Crippen molar-refractivity contribution in [2.24, 2.45) is 10.2 Å². The standard InChI is InChI=1S/2C14H14N2O.Fe/c2*1-11(12-7-5-6-8-12)15-16-14(17)13-9-3-2-4-10-13;/h2*2-7,9-10H,8H2,1H3,(H,16,17);/b2*15-11+;. The number of rotatable bonds is 6. The monoisotopic (exact) mass is 508 g/mol. The second kappa shape index (κ2) is 14.5. The van der Waals surface area contributed by atoms with Crippen LogP contribution in [0.15, 0.2) is 118 Å². The van der Waals surface area contributed by atoms with Gasteiger partial charge in [-0.1, -0.05) is 72.9 Å². The molecule has 2 aliphatic rings. The van der Waals surface area contributed by atoms with Crippen molar-refractivity contribution in [1.29, 1.82) is 0 Å². The van der Waals surface area contributed by atoms with Gasteiger partial charge in [-0.05, 0) is 62.1 Å². The maximum Gasteiger partial charge on any atom is 0.271 e. The molecule has 6 nitrogen and oxygen atoms in total. The number of hydrogen-bond donors (Lipinski definition) is 2. The molecule has 35 heavy (non-hydrogen) atoms. The molecule has 0 spiro atoms. The van der Waals surface area contributed by atoms with Gasteiger partial charge in [0.15, 0.2) is 0 Å². The van der Waals surface area contributed by atoms with E-state index in [1.54, 1.807) is 24.3 Å². The zero-order valence-corrected chi connectivity index (χ0v) is 20.8. The van der Waals surface area contributed by atoms with Crippen LogP contribution in [0.1, 0.15) is 47.4 Å². The number of carbonyl (C=O) groups is 2. The molecular formula is C28H28FeN4O2. The molecule has 0 saturated heterocycles. The molecule has 0 bridgehead atoms. The normalized spacial score (nSPS) is 14.2. The van der Waals surface area contributed by atoms with Crippen molar-refractivity contribution in [3.8, 4) is 0 Å². The Bertz CT molecular complexity index is 1100. The molecule has 0 unspecified atom stereocenters. The molecule has 7 heteroatoms. The summed E-state index contributed by atoms with van der Waals surface area (Å²) in [6, 6.07) is 18.1. The maximum atomic E-state index is 11.7. The van der Waals surface area contributed by atoms with E-state index in [0.29, 0.717) is 11.1 Å². The van der Waals surface area contributed by atoms with Crippen LogP contribution in [0.2, 0.25) is 0 Å². The molecule has 0 radical (unpaired) electrons. The van der Waals surface area contributed by atoms with Gasteiger partial charge in [0.25, 0.3) is 11.8 Å². The fourth-order valence-electron chi connectivity index (χ4n) is 3.15. The van der Waals surface area contributed by atoms with Crippen LogP contribution >= 0.6 is 0 Å². The molecule has 2 amide bonds. The second-order valence-corrected chi connectivity index (χ2v) is 7.66. The van der Waals surface area contributed by atoms with Gasteiger partial charge in [-0.3, -0.25) is 9.59 Å². The van der Waals surface area contributed by atoms with E-state index in [1.807, 2.05) is 74.5 Å². The van der Waals surface area contributed by atoms with E-state index in [-0.39, 0.29) is 28.9 Å². The SMILES string of the molecule is C/C(=N\NC(=O)c1ccccc1)C1=CC=CC1.C/C(=N\NC(=O)c1ccccc1)C1=CC=CC1.[Fe]. The van der Waals surface area contributed by atoms with Crippen LogP contribution in [0.25, 0.3) is 0 Å². The molecule has 2 aromatic rings. The third-order valence-electron chi connectivity index (χ3n) is 5.19. The molecule has 2 aliphatic carbocycles. The Labute approximate surface area is 216 Å². The molecule has 0 heterocycles. The topological polar surface area (TPSA) is 82.9 Å². The van der Waals surface area contributed by atoms with Gasteiger partial charge in [-0.25, -0.2) is 10.9 Å². The van der Waals surface area contributed by atoms with E-state index in [9.17, 15) is 9.59 Å². The molecule has 0 atom stereocenters. The summed E-state index contributed by atoms with van der Waals surface area (Å²) in [5.74, 6) is -0.368. The number of carbonyl (C=O) groups excluding carboxylic acids is 2. The second-order valence-electron chi connectivity index (χ2n) is 7.66. The van der Waals surface area contributed by atoms with Crippen LogP contribution in [-0.2, 0) is 17.1 Å². The van der Waals surface area contributed by atoms with Crippen LogP contribution < -0.4 is 10.9 Å². The first-order chi connectivity index (χ1) is 16.5. The number of amides is 2. The van der Waals surface area contributed by atoms with Gasteiger partial charge in [-0.15, -0.1) is 0 Å². The molecule has 4 rings (SSSR count). The van der Waals surface area contributed by atoms with Gasteiger partial charge in [0, 0.05) is 28.2 Å². The summed E-state index contributed by atoms with van der Waals surface area (Å²) in [6.45, 7) is 3.79. The van der Waals surface area contributed by atoms with Crippen molar-refractivity contribution < 1.29 is 26.7 Å². The van der Waals surface area contributed by atoms with Crippen LogP contribution in [0.4, 0.5) is 0 Å². The average Bonchev–Trinajstić information content (AvgIpc) is 3.62. The minimum atomic E-state index is -0.184. The summed E-state index contributed by atoms with van der Waals surface area (Å²) in [4.78, 5) is 23.4. The van der Waals surface area contributed by atoms with Gasteiger partial charge in [0.1, 0.15) is 0 Å². The molecule has 2 N–H and O–H groups in total. The van der Waals surface area contributed by atoms with Gasteiger partial charge in [0.05, 0.1) is 11.4 Å². The van der Waals surface area contributed by atoms with E-state index in [0.717, 1.165) is 35.4 Å². The van der Waals surface area contributed by atoms with Crippen LogP contribution in [0, 0.1) is 0 Å². The quantitative estimate of drug-likeness (QED) is 0.313. The first-order valence-corrected chi connectivity index (χ1v) is 11.1. The van der Waals surface area contributed by atoms with E-state index in [2.05, 4.69) is 33.2 Å². The fraction of sp³-hybridized carbons (Fsp3) is 0.143. The van der Waals surface area contributed by atoms with Crippen molar-refractivity contribution in [2.45, 2.75) is 26.7 Å². The van der Waals surface area contributed by atoms with E-state index < -0.39 is 0 Å². The minimum Gasteiger partial charge on any atom is -0.267 e. The third kappa shape index (κ3) is 8.81. The first kappa shape index (κ1) is 27.4. The maximum absolute atomic E-state index is 11.7. The van der Waals surface area contributed by atoms with Crippen molar-refractivity contribution in [3.05, 3.63) is 119 Å². The zero-order chi connectivity index (χ0) is 24.2. The largest absolute Gasteiger partial charge is 0.271 e. The summed E-state index contributed by atoms with van der Waals surface area (Å²) in [5.41, 5.74) is 10.3. The van der Waals surface area contributed by atoms with Crippen molar-refractivity contribution in [1.82, 2.24) is 10.9 Å². The first-order valence-electron chi connectivity index (χ1n) is 11.1. The Morgan fingerprint density at radius 1 is 0.657 bits per heavy atom. The summed E-state index contributed by atoms with van der Waals surface area (Å²) in [7, 11) is 0. The summed E-state index contributed by atoms with van der Waals surface area (Å²) >= 11 is 0.